The Morgan fingerprint density at radius 3 is 3.00 bits per heavy atom. The molecule has 1 saturated heterocycles. The van der Waals surface area contributed by atoms with Crippen LogP contribution in [0.4, 0.5) is 0 Å². The van der Waals surface area contributed by atoms with Crippen molar-refractivity contribution in [1.82, 2.24) is 19.8 Å². The molecule has 0 saturated carbocycles. The maximum Gasteiger partial charge on any atom is 0.247 e. The molecule has 1 aliphatic rings. The first-order valence-electron chi connectivity index (χ1n) is 8.49. The SMILES string of the molecule is O=C(/C=C/c1cc(Br)cs1)N1CCN(Cc2cc3cnccc3[nH]2)C(=O)C1. The van der Waals surface area contributed by atoms with Crippen LogP contribution in [0.5, 0.6) is 0 Å². The summed E-state index contributed by atoms with van der Waals surface area (Å²) in [5.74, 6) is -0.178. The number of nitrogens with zero attached hydrogens (tertiary/aromatic N) is 3. The molecule has 0 aromatic carbocycles. The highest BCUT2D eigenvalue weighted by Crippen LogP contribution is 2.21. The monoisotopic (exact) mass is 444 g/mol. The quantitative estimate of drug-likeness (QED) is 0.627. The Bertz CT molecular complexity index is 993. The zero-order chi connectivity index (χ0) is 18.8. The van der Waals surface area contributed by atoms with Crippen LogP contribution in [-0.2, 0) is 16.1 Å². The second kappa shape index (κ2) is 7.66. The third-order valence-electron chi connectivity index (χ3n) is 4.45. The number of hydrogen-bond donors (Lipinski definition) is 1. The fourth-order valence-electron chi connectivity index (χ4n) is 3.06. The number of aromatic amines is 1. The standard InChI is InChI=1S/C19H17BrN4O2S/c20-14-8-16(27-12-14)1-2-18(25)24-6-5-23(19(26)11-24)10-15-7-13-9-21-4-3-17(13)22-15/h1-4,7-9,12,22H,5-6,10-11H2/b2-1+. The normalized spacial score (nSPS) is 15.2. The van der Waals surface area contributed by atoms with Gasteiger partial charge in [0.15, 0.2) is 0 Å². The molecule has 138 valence electrons. The molecule has 0 aliphatic carbocycles. The summed E-state index contributed by atoms with van der Waals surface area (Å²) in [7, 11) is 0. The van der Waals surface area contributed by atoms with Crippen molar-refractivity contribution in [2.24, 2.45) is 0 Å². The van der Waals surface area contributed by atoms with E-state index in [-0.39, 0.29) is 18.4 Å². The Kier molecular flexibility index (Phi) is 5.09. The third kappa shape index (κ3) is 4.12. The fraction of sp³-hybridized carbons (Fsp3) is 0.211. The number of hydrogen-bond acceptors (Lipinski definition) is 4. The molecule has 0 unspecified atom stereocenters. The van der Waals surface area contributed by atoms with Crippen molar-refractivity contribution in [2.45, 2.75) is 6.54 Å². The van der Waals surface area contributed by atoms with Crippen LogP contribution in [0.1, 0.15) is 10.6 Å². The molecule has 4 heterocycles. The Balaban J connectivity index is 1.36. The van der Waals surface area contributed by atoms with Crippen molar-refractivity contribution >= 4 is 56.1 Å². The van der Waals surface area contributed by atoms with Crippen LogP contribution in [0, 0.1) is 0 Å². The summed E-state index contributed by atoms with van der Waals surface area (Å²) < 4.78 is 0.996. The molecule has 3 aromatic heterocycles. The van der Waals surface area contributed by atoms with E-state index in [0.717, 1.165) is 25.9 Å². The van der Waals surface area contributed by atoms with Gasteiger partial charge in [0.1, 0.15) is 6.54 Å². The van der Waals surface area contributed by atoms with E-state index in [9.17, 15) is 9.59 Å². The van der Waals surface area contributed by atoms with Gasteiger partial charge < -0.3 is 14.8 Å². The van der Waals surface area contributed by atoms with Crippen LogP contribution in [0.2, 0.25) is 0 Å². The summed E-state index contributed by atoms with van der Waals surface area (Å²) in [6, 6.07) is 5.87. The van der Waals surface area contributed by atoms with Gasteiger partial charge in [0.2, 0.25) is 11.8 Å². The molecule has 4 rings (SSSR count). The summed E-state index contributed by atoms with van der Waals surface area (Å²) in [4.78, 5) is 36.6. The molecule has 0 spiro atoms. The van der Waals surface area contributed by atoms with E-state index >= 15 is 0 Å². The summed E-state index contributed by atoms with van der Waals surface area (Å²) in [5, 5.41) is 2.99. The molecule has 0 atom stereocenters. The lowest BCUT2D eigenvalue weighted by molar-refractivity contribution is -0.143. The minimum atomic E-state index is -0.135. The molecule has 1 aliphatic heterocycles. The Morgan fingerprint density at radius 1 is 1.37 bits per heavy atom. The number of amides is 2. The number of piperazine rings is 1. The van der Waals surface area contributed by atoms with Crippen LogP contribution < -0.4 is 0 Å². The second-order valence-corrected chi connectivity index (χ2v) is 8.19. The number of fused-ring (bicyclic) bond motifs is 1. The number of carbonyl (C=O) groups is 2. The Labute approximate surface area is 168 Å². The lowest BCUT2D eigenvalue weighted by atomic mass is 10.2. The maximum atomic E-state index is 12.5. The average Bonchev–Trinajstić information content (AvgIpc) is 3.26. The molecule has 1 fully saturated rings. The van der Waals surface area contributed by atoms with Crippen molar-refractivity contribution in [1.29, 1.82) is 0 Å². The number of aromatic nitrogens is 2. The van der Waals surface area contributed by atoms with Crippen molar-refractivity contribution < 1.29 is 9.59 Å². The Hall–Kier alpha value is -2.45. The third-order valence-corrected chi connectivity index (χ3v) is 6.11. The number of carbonyl (C=O) groups excluding carboxylic acids is 2. The summed E-state index contributed by atoms with van der Waals surface area (Å²) >= 11 is 4.95. The van der Waals surface area contributed by atoms with Gasteiger partial charge in [-0.2, -0.15) is 0 Å². The zero-order valence-corrected chi connectivity index (χ0v) is 16.8. The van der Waals surface area contributed by atoms with E-state index in [4.69, 9.17) is 0 Å². The average molecular weight is 445 g/mol. The largest absolute Gasteiger partial charge is 0.357 e. The first-order valence-corrected chi connectivity index (χ1v) is 10.2. The van der Waals surface area contributed by atoms with E-state index in [0.29, 0.717) is 19.6 Å². The number of nitrogens with one attached hydrogen (secondary N) is 1. The predicted octanol–water partition coefficient (Wildman–Crippen LogP) is 3.27. The molecule has 3 aromatic rings. The van der Waals surface area contributed by atoms with Gasteiger partial charge in [-0.3, -0.25) is 14.6 Å². The maximum absolute atomic E-state index is 12.5. The number of halogens is 1. The molecule has 1 N–H and O–H groups in total. The summed E-state index contributed by atoms with van der Waals surface area (Å²) in [6.45, 7) is 1.68. The minimum Gasteiger partial charge on any atom is -0.357 e. The molecular formula is C19H17BrN4O2S. The molecule has 2 amide bonds. The van der Waals surface area contributed by atoms with Crippen LogP contribution >= 0.6 is 27.3 Å². The summed E-state index contributed by atoms with van der Waals surface area (Å²) in [6.07, 6.45) is 6.85. The lowest BCUT2D eigenvalue weighted by Crippen LogP contribution is -2.51. The van der Waals surface area contributed by atoms with Crippen LogP contribution in [0.15, 0.2) is 46.5 Å². The van der Waals surface area contributed by atoms with Crippen LogP contribution in [0.3, 0.4) is 0 Å². The number of H-pyrrole nitrogens is 1. The van der Waals surface area contributed by atoms with Crippen molar-refractivity contribution in [3.05, 3.63) is 57.1 Å². The molecule has 27 heavy (non-hydrogen) atoms. The smallest absolute Gasteiger partial charge is 0.247 e. The molecule has 0 bridgehead atoms. The zero-order valence-electron chi connectivity index (χ0n) is 14.4. The van der Waals surface area contributed by atoms with Crippen LogP contribution in [-0.4, -0.2) is 51.2 Å². The van der Waals surface area contributed by atoms with Crippen molar-refractivity contribution in [2.75, 3.05) is 19.6 Å². The molecule has 8 heteroatoms. The topological polar surface area (TPSA) is 69.3 Å². The summed E-state index contributed by atoms with van der Waals surface area (Å²) in [5.41, 5.74) is 1.97. The highest BCUT2D eigenvalue weighted by Gasteiger charge is 2.26. The van der Waals surface area contributed by atoms with Crippen molar-refractivity contribution in [3.63, 3.8) is 0 Å². The minimum absolute atomic E-state index is 0.0429. The van der Waals surface area contributed by atoms with E-state index in [1.807, 2.05) is 23.6 Å². The van der Waals surface area contributed by atoms with Gasteiger partial charge in [-0.15, -0.1) is 11.3 Å². The van der Waals surface area contributed by atoms with E-state index < -0.39 is 0 Å². The Morgan fingerprint density at radius 2 is 2.26 bits per heavy atom. The van der Waals surface area contributed by atoms with E-state index in [2.05, 4.69) is 25.9 Å². The van der Waals surface area contributed by atoms with Gasteiger partial charge in [0.05, 0.1) is 6.54 Å². The molecule has 6 nitrogen and oxygen atoms in total. The van der Waals surface area contributed by atoms with Gasteiger partial charge in [-0.05, 0) is 40.2 Å². The number of thiophene rings is 1. The fourth-order valence-corrected chi connectivity index (χ4v) is 4.40. The van der Waals surface area contributed by atoms with Crippen LogP contribution in [0.25, 0.3) is 17.0 Å². The van der Waals surface area contributed by atoms with Gasteiger partial charge >= 0.3 is 0 Å². The number of pyridine rings is 1. The molecule has 0 radical (unpaired) electrons. The highest BCUT2D eigenvalue weighted by molar-refractivity contribution is 9.10. The van der Waals surface area contributed by atoms with E-state index in [1.54, 1.807) is 39.6 Å². The van der Waals surface area contributed by atoms with Gasteiger partial charge in [-0.25, -0.2) is 0 Å². The van der Waals surface area contributed by atoms with Gasteiger partial charge in [0, 0.05) is 62.9 Å². The van der Waals surface area contributed by atoms with E-state index in [1.165, 1.54) is 6.08 Å². The molecular weight excluding hydrogens is 428 g/mol. The van der Waals surface area contributed by atoms with Gasteiger partial charge in [-0.1, -0.05) is 0 Å². The van der Waals surface area contributed by atoms with Crippen molar-refractivity contribution in [3.8, 4) is 0 Å². The predicted molar refractivity (Wildman–Crippen MR) is 109 cm³/mol. The highest BCUT2D eigenvalue weighted by atomic mass is 79.9. The first-order chi connectivity index (χ1) is 13.1. The second-order valence-electron chi connectivity index (χ2n) is 6.33. The lowest BCUT2D eigenvalue weighted by Gasteiger charge is -2.33. The number of rotatable bonds is 4. The first kappa shape index (κ1) is 17.9. The van der Waals surface area contributed by atoms with Gasteiger partial charge in [0.25, 0.3) is 0 Å².